The zero-order valence-corrected chi connectivity index (χ0v) is 17.2. The van der Waals surface area contributed by atoms with Crippen molar-refractivity contribution in [3.05, 3.63) is 17.7 Å². The van der Waals surface area contributed by atoms with Gasteiger partial charge in [0, 0.05) is 18.7 Å². The maximum Gasteiger partial charge on any atom is 0.252 e. The number of nitrogens with one attached hydrogen (secondary N) is 1. The number of morpholine rings is 1. The summed E-state index contributed by atoms with van der Waals surface area (Å²) in [6.45, 7) is 6.14. The van der Waals surface area contributed by atoms with E-state index in [-0.39, 0.29) is 17.7 Å². The van der Waals surface area contributed by atoms with E-state index < -0.39 is 6.04 Å². The van der Waals surface area contributed by atoms with Gasteiger partial charge in [-0.15, -0.1) is 0 Å². The Hall–Kier alpha value is -2.48. The molecule has 0 spiro atoms. The lowest BCUT2D eigenvalue weighted by Gasteiger charge is -2.31. The van der Waals surface area contributed by atoms with Crippen molar-refractivity contribution in [1.82, 2.24) is 10.2 Å². The minimum absolute atomic E-state index is 0.0854. The smallest absolute Gasteiger partial charge is 0.252 e. The predicted molar refractivity (Wildman–Crippen MR) is 104 cm³/mol. The summed E-state index contributed by atoms with van der Waals surface area (Å²) in [5.41, 5.74) is 0.332. The van der Waals surface area contributed by atoms with Crippen molar-refractivity contribution in [3.63, 3.8) is 0 Å². The Morgan fingerprint density at radius 1 is 1.07 bits per heavy atom. The second-order valence-electron chi connectivity index (χ2n) is 7.01. The summed E-state index contributed by atoms with van der Waals surface area (Å²) in [7, 11) is 4.48. The van der Waals surface area contributed by atoms with Gasteiger partial charge in [0.05, 0.1) is 34.5 Å². The number of methoxy groups -OCH3 is 3. The third-order valence-corrected chi connectivity index (χ3v) is 4.56. The molecule has 0 radical (unpaired) electrons. The minimum atomic E-state index is -0.607. The first-order valence-electron chi connectivity index (χ1n) is 9.38. The highest BCUT2D eigenvalue weighted by Gasteiger charge is 2.29. The summed E-state index contributed by atoms with van der Waals surface area (Å²) in [6.07, 6.45) is 0.548. The zero-order chi connectivity index (χ0) is 20.7. The normalized spacial score (nSPS) is 15.1. The van der Waals surface area contributed by atoms with Gasteiger partial charge in [-0.2, -0.15) is 0 Å². The number of ether oxygens (including phenoxy) is 4. The number of hydrogen-bond acceptors (Lipinski definition) is 6. The summed E-state index contributed by atoms with van der Waals surface area (Å²) < 4.78 is 21.2. The third-order valence-electron chi connectivity index (χ3n) is 4.56. The molecule has 1 heterocycles. The molecule has 8 heteroatoms. The Morgan fingerprint density at radius 2 is 1.64 bits per heavy atom. The number of benzene rings is 1. The van der Waals surface area contributed by atoms with E-state index in [1.165, 1.54) is 21.3 Å². The van der Waals surface area contributed by atoms with Crippen molar-refractivity contribution >= 4 is 11.8 Å². The van der Waals surface area contributed by atoms with E-state index in [2.05, 4.69) is 5.32 Å². The molecule has 1 aliphatic heterocycles. The zero-order valence-electron chi connectivity index (χ0n) is 17.2. The van der Waals surface area contributed by atoms with Gasteiger partial charge in [0.15, 0.2) is 11.5 Å². The molecule has 1 N–H and O–H groups in total. The van der Waals surface area contributed by atoms with E-state index in [1.54, 1.807) is 17.0 Å². The van der Waals surface area contributed by atoms with E-state index in [0.29, 0.717) is 55.5 Å². The lowest BCUT2D eigenvalue weighted by molar-refractivity contribution is -0.137. The molecule has 28 heavy (non-hydrogen) atoms. The van der Waals surface area contributed by atoms with Crippen LogP contribution in [0.2, 0.25) is 0 Å². The molecule has 1 fully saturated rings. The summed E-state index contributed by atoms with van der Waals surface area (Å²) >= 11 is 0. The van der Waals surface area contributed by atoms with Crippen molar-refractivity contribution in [2.24, 2.45) is 5.92 Å². The molecular formula is C20H30N2O6. The number of carbonyl (C=O) groups excluding carboxylic acids is 2. The molecule has 1 atom stereocenters. The second kappa shape index (κ2) is 10.2. The van der Waals surface area contributed by atoms with Crippen LogP contribution in [0.1, 0.15) is 30.6 Å². The van der Waals surface area contributed by atoms with Crippen LogP contribution < -0.4 is 19.5 Å². The van der Waals surface area contributed by atoms with E-state index in [9.17, 15) is 9.59 Å². The molecule has 1 saturated heterocycles. The molecule has 0 saturated carbocycles. The highest BCUT2D eigenvalue weighted by Crippen LogP contribution is 2.38. The Bertz CT molecular complexity index is 660. The van der Waals surface area contributed by atoms with Crippen molar-refractivity contribution in [1.29, 1.82) is 0 Å². The van der Waals surface area contributed by atoms with E-state index in [0.717, 1.165) is 0 Å². The third kappa shape index (κ3) is 5.28. The number of rotatable bonds is 8. The van der Waals surface area contributed by atoms with E-state index >= 15 is 0 Å². The first-order valence-corrected chi connectivity index (χ1v) is 9.38. The highest BCUT2D eigenvalue weighted by molar-refractivity contribution is 5.98. The first kappa shape index (κ1) is 21.8. The van der Waals surface area contributed by atoms with Crippen LogP contribution >= 0.6 is 0 Å². The molecule has 0 aromatic heterocycles. The van der Waals surface area contributed by atoms with Gasteiger partial charge in [0.2, 0.25) is 11.7 Å². The Morgan fingerprint density at radius 3 is 2.11 bits per heavy atom. The van der Waals surface area contributed by atoms with Gasteiger partial charge < -0.3 is 29.2 Å². The lowest BCUT2D eigenvalue weighted by Crippen LogP contribution is -2.52. The first-order chi connectivity index (χ1) is 13.4. The topological polar surface area (TPSA) is 86.3 Å². The van der Waals surface area contributed by atoms with E-state index in [4.69, 9.17) is 18.9 Å². The highest BCUT2D eigenvalue weighted by atomic mass is 16.5. The predicted octanol–water partition coefficient (Wildman–Crippen LogP) is 1.72. The van der Waals surface area contributed by atoms with Crippen LogP contribution in [-0.2, 0) is 9.53 Å². The largest absolute Gasteiger partial charge is 0.493 e. The molecule has 1 aromatic rings. The summed E-state index contributed by atoms with van der Waals surface area (Å²) in [4.78, 5) is 27.6. The van der Waals surface area contributed by atoms with Gasteiger partial charge in [-0.1, -0.05) is 13.8 Å². The van der Waals surface area contributed by atoms with Crippen LogP contribution in [0.3, 0.4) is 0 Å². The molecule has 1 aromatic carbocycles. The van der Waals surface area contributed by atoms with Crippen molar-refractivity contribution in [2.45, 2.75) is 26.3 Å². The van der Waals surface area contributed by atoms with Gasteiger partial charge in [-0.25, -0.2) is 0 Å². The van der Waals surface area contributed by atoms with Crippen molar-refractivity contribution in [3.8, 4) is 17.2 Å². The Kier molecular flexibility index (Phi) is 7.92. The SMILES string of the molecule is COc1cc(C(=O)N[C@@H](CC(C)C)C(=O)N2CCOCC2)cc(OC)c1OC. The van der Waals surface area contributed by atoms with Gasteiger partial charge >= 0.3 is 0 Å². The fourth-order valence-corrected chi connectivity index (χ4v) is 3.15. The van der Waals surface area contributed by atoms with Crippen LogP contribution in [0.25, 0.3) is 0 Å². The second-order valence-corrected chi connectivity index (χ2v) is 7.01. The summed E-state index contributed by atoms with van der Waals surface area (Å²) in [5.74, 6) is 0.961. The van der Waals surface area contributed by atoms with Gasteiger partial charge in [-0.3, -0.25) is 9.59 Å². The van der Waals surface area contributed by atoms with Crippen LogP contribution in [0, 0.1) is 5.92 Å². The molecule has 2 amide bonds. The molecule has 156 valence electrons. The molecule has 0 bridgehead atoms. The van der Waals surface area contributed by atoms with Crippen LogP contribution in [0.4, 0.5) is 0 Å². The number of carbonyl (C=O) groups is 2. The Labute approximate surface area is 166 Å². The van der Waals surface area contributed by atoms with Crippen LogP contribution in [0.5, 0.6) is 17.2 Å². The molecule has 8 nitrogen and oxygen atoms in total. The van der Waals surface area contributed by atoms with Gasteiger partial charge in [0.25, 0.3) is 5.91 Å². The maximum absolute atomic E-state index is 12.9. The average Bonchev–Trinajstić information content (AvgIpc) is 2.71. The van der Waals surface area contributed by atoms with Gasteiger partial charge in [0.1, 0.15) is 6.04 Å². The molecule has 2 rings (SSSR count). The number of hydrogen-bond donors (Lipinski definition) is 1. The quantitative estimate of drug-likeness (QED) is 0.723. The van der Waals surface area contributed by atoms with Crippen LogP contribution in [0.15, 0.2) is 12.1 Å². The van der Waals surface area contributed by atoms with Gasteiger partial charge in [-0.05, 0) is 24.5 Å². The molecule has 0 unspecified atom stereocenters. The average molecular weight is 394 g/mol. The lowest BCUT2D eigenvalue weighted by atomic mass is 10.0. The van der Waals surface area contributed by atoms with Crippen molar-refractivity contribution < 1.29 is 28.5 Å². The standard InChI is InChI=1S/C20H30N2O6/c1-13(2)10-15(20(24)22-6-8-28-9-7-22)21-19(23)14-11-16(25-3)18(27-5)17(12-14)26-4/h11-13,15H,6-10H2,1-5H3,(H,21,23)/t15-/m0/s1. The molecular weight excluding hydrogens is 364 g/mol. The number of nitrogens with zero attached hydrogens (tertiary/aromatic N) is 1. The van der Waals surface area contributed by atoms with Crippen molar-refractivity contribution in [2.75, 3.05) is 47.6 Å². The fraction of sp³-hybridized carbons (Fsp3) is 0.600. The Balaban J connectivity index is 2.23. The monoisotopic (exact) mass is 394 g/mol. The number of amides is 2. The minimum Gasteiger partial charge on any atom is -0.493 e. The maximum atomic E-state index is 12.9. The summed E-state index contributed by atoms with van der Waals surface area (Å²) in [5, 5.41) is 2.88. The van der Waals surface area contributed by atoms with E-state index in [1.807, 2.05) is 13.8 Å². The van der Waals surface area contributed by atoms with Crippen LogP contribution in [-0.4, -0.2) is 70.4 Å². The fourth-order valence-electron chi connectivity index (χ4n) is 3.15. The summed E-state index contributed by atoms with van der Waals surface area (Å²) in [6, 6.07) is 2.54. The molecule has 1 aliphatic rings. The molecule has 0 aliphatic carbocycles.